The van der Waals surface area contributed by atoms with Gasteiger partial charge in [-0.3, -0.25) is 0 Å². The van der Waals surface area contributed by atoms with Crippen molar-refractivity contribution in [2.75, 3.05) is 19.7 Å². The lowest BCUT2D eigenvalue weighted by Gasteiger charge is -2.39. The van der Waals surface area contributed by atoms with Crippen LogP contribution in [-0.4, -0.2) is 42.3 Å². The number of nitrogens with zero attached hydrogens (tertiary/aromatic N) is 2. The minimum atomic E-state index is -3.48. The molecule has 0 N–H and O–H groups in total. The van der Waals surface area contributed by atoms with Gasteiger partial charge in [0.25, 0.3) is 10.2 Å². The average Bonchev–Trinajstić information content (AvgIpc) is 2.85. The fraction of sp³-hybridized carbons (Fsp3) is 0.625. The third-order valence-electron chi connectivity index (χ3n) is 4.49. The molecule has 1 aromatic carbocycles. The van der Waals surface area contributed by atoms with Crippen LogP contribution in [0.15, 0.2) is 24.3 Å². The summed E-state index contributed by atoms with van der Waals surface area (Å²) in [7, 11) is -3.48. The molecule has 2 aliphatic heterocycles. The lowest BCUT2D eigenvalue weighted by atomic mass is 10.0. The Morgan fingerprint density at radius 1 is 1.32 bits per heavy atom. The van der Waals surface area contributed by atoms with Crippen molar-refractivity contribution >= 4 is 10.2 Å². The van der Waals surface area contributed by atoms with Crippen molar-refractivity contribution in [3.05, 3.63) is 35.4 Å². The van der Waals surface area contributed by atoms with E-state index in [9.17, 15) is 8.42 Å². The third kappa shape index (κ3) is 2.69. The zero-order chi connectivity index (χ0) is 16.0. The Morgan fingerprint density at radius 3 is 2.73 bits per heavy atom. The van der Waals surface area contributed by atoms with Gasteiger partial charge in [-0.2, -0.15) is 17.0 Å². The Balaban J connectivity index is 1.90. The minimum absolute atomic E-state index is 0.0628. The van der Waals surface area contributed by atoms with E-state index in [1.54, 1.807) is 8.61 Å². The Kier molecular flexibility index (Phi) is 4.05. The van der Waals surface area contributed by atoms with E-state index in [2.05, 4.69) is 0 Å². The van der Waals surface area contributed by atoms with Crippen LogP contribution in [-0.2, 0) is 21.5 Å². The number of rotatable bonds is 3. The Morgan fingerprint density at radius 2 is 2.05 bits per heavy atom. The number of ether oxygens (including phenoxy) is 1. The van der Waals surface area contributed by atoms with E-state index in [0.29, 0.717) is 26.2 Å². The second-order valence-electron chi connectivity index (χ2n) is 6.62. The zero-order valence-electron chi connectivity index (χ0n) is 13.4. The maximum Gasteiger partial charge on any atom is 0.283 e. The standard InChI is InChI=1S/C16H24N2O3S/c1-4-15-14-8-6-5-7-13(14)11-18(15)22(19,20)17-9-10-21-16(2,3)12-17/h5-8,15H,4,9-12H2,1-3H3. The van der Waals surface area contributed by atoms with Crippen molar-refractivity contribution in [1.29, 1.82) is 0 Å². The van der Waals surface area contributed by atoms with Crippen LogP contribution in [0.4, 0.5) is 0 Å². The van der Waals surface area contributed by atoms with E-state index in [0.717, 1.165) is 17.5 Å². The first-order valence-corrected chi connectivity index (χ1v) is 9.23. The first-order valence-electron chi connectivity index (χ1n) is 7.84. The summed E-state index contributed by atoms with van der Waals surface area (Å²) < 4.78 is 35.1. The molecule has 122 valence electrons. The molecule has 22 heavy (non-hydrogen) atoms. The van der Waals surface area contributed by atoms with E-state index >= 15 is 0 Å². The van der Waals surface area contributed by atoms with E-state index in [1.807, 2.05) is 45.0 Å². The number of hydrogen-bond donors (Lipinski definition) is 0. The Bertz CT molecular complexity index is 657. The number of benzene rings is 1. The molecule has 3 rings (SSSR count). The van der Waals surface area contributed by atoms with E-state index in [-0.39, 0.29) is 6.04 Å². The first kappa shape index (κ1) is 15.9. The number of morpholine rings is 1. The molecule has 1 fully saturated rings. The van der Waals surface area contributed by atoms with Crippen LogP contribution in [0.25, 0.3) is 0 Å². The molecule has 0 radical (unpaired) electrons. The predicted octanol–water partition coefficient (Wildman–Crippen LogP) is 2.31. The number of fused-ring (bicyclic) bond motifs is 1. The smallest absolute Gasteiger partial charge is 0.283 e. The minimum Gasteiger partial charge on any atom is -0.373 e. The van der Waals surface area contributed by atoms with Gasteiger partial charge in [-0.25, -0.2) is 0 Å². The predicted molar refractivity (Wildman–Crippen MR) is 85.5 cm³/mol. The summed E-state index contributed by atoms with van der Waals surface area (Å²) in [6.07, 6.45) is 0.782. The van der Waals surface area contributed by atoms with Crippen LogP contribution in [0, 0.1) is 0 Å². The summed E-state index contributed by atoms with van der Waals surface area (Å²) in [5.41, 5.74) is 1.83. The maximum absolute atomic E-state index is 13.1. The summed E-state index contributed by atoms with van der Waals surface area (Å²) in [6.45, 7) is 7.65. The van der Waals surface area contributed by atoms with E-state index in [4.69, 9.17) is 4.74 Å². The molecular formula is C16H24N2O3S. The van der Waals surface area contributed by atoms with Crippen molar-refractivity contribution < 1.29 is 13.2 Å². The van der Waals surface area contributed by atoms with Crippen molar-refractivity contribution in [3.8, 4) is 0 Å². The lowest BCUT2D eigenvalue weighted by Crippen LogP contribution is -2.54. The van der Waals surface area contributed by atoms with Crippen LogP contribution in [0.3, 0.4) is 0 Å². The second kappa shape index (κ2) is 5.60. The van der Waals surface area contributed by atoms with Crippen LogP contribution in [0.5, 0.6) is 0 Å². The van der Waals surface area contributed by atoms with Crippen LogP contribution in [0.2, 0.25) is 0 Å². The quantitative estimate of drug-likeness (QED) is 0.857. The molecule has 2 aliphatic rings. The SMILES string of the molecule is CCC1c2ccccc2CN1S(=O)(=O)N1CCOC(C)(C)C1. The summed E-state index contributed by atoms with van der Waals surface area (Å²) in [6, 6.07) is 7.96. The molecule has 1 saturated heterocycles. The normalized spacial score (nSPS) is 26.0. The van der Waals surface area contributed by atoms with Crippen molar-refractivity contribution in [2.24, 2.45) is 0 Å². The van der Waals surface area contributed by atoms with E-state index < -0.39 is 15.8 Å². The van der Waals surface area contributed by atoms with Crippen molar-refractivity contribution in [3.63, 3.8) is 0 Å². The lowest BCUT2D eigenvalue weighted by molar-refractivity contribution is -0.0654. The molecule has 0 aliphatic carbocycles. The van der Waals surface area contributed by atoms with Crippen LogP contribution < -0.4 is 0 Å². The zero-order valence-corrected chi connectivity index (χ0v) is 14.3. The monoisotopic (exact) mass is 324 g/mol. The molecule has 0 amide bonds. The fourth-order valence-corrected chi connectivity index (χ4v) is 5.38. The Hall–Kier alpha value is -0.950. The maximum atomic E-state index is 13.1. The summed E-state index contributed by atoms with van der Waals surface area (Å²) in [5, 5.41) is 0. The molecule has 0 spiro atoms. The summed E-state index contributed by atoms with van der Waals surface area (Å²) in [5.74, 6) is 0. The highest BCUT2D eigenvalue weighted by Gasteiger charge is 2.43. The molecule has 6 heteroatoms. The van der Waals surface area contributed by atoms with Crippen molar-refractivity contribution in [1.82, 2.24) is 8.61 Å². The topological polar surface area (TPSA) is 49.9 Å². The van der Waals surface area contributed by atoms with E-state index in [1.165, 1.54) is 0 Å². The van der Waals surface area contributed by atoms with Gasteiger partial charge in [0, 0.05) is 19.6 Å². The molecule has 1 unspecified atom stereocenters. The molecule has 0 saturated carbocycles. The Labute approximate surface area is 133 Å². The van der Waals surface area contributed by atoms with Gasteiger partial charge >= 0.3 is 0 Å². The molecule has 0 aromatic heterocycles. The fourth-order valence-electron chi connectivity index (χ4n) is 3.42. The van der Waals surface area contributed by atoms with Gasteiger partial charge in [0.15, 0.2) is 0 Å². The molecule has 1 aromatic rings. The molecule has 5 nitrogen and oxygen atoms in total. The largest absolute Gasteiger partial charge is 0.373 e. The van der Waals surface area contributed by atoms with Gasteiger partial charge in [0.2, 0.25) is 0 Å². The summed E-state index contributed by atoms with van der Waals surface area (Å²) >= 11 is 0. The van der Waals surface area contributed by atoms with Crippen molar-refractivity contribution in [2.45, 2.75) is 45.4 Å². The van der Waals surface area contributed by atoms with Gasteiger partial charge in [-0.05, 0) is 31.4 Å². The summed E-state index contributed by atoms with van der Waals surface area (Å²) in [4.78, 5) is 0. The van der Waals surface area contributed by atoms with Crippen LogP contribution in [0.1, 0.15) is 44.4 Å². The highest BCUT2D eigenvalue weighted by molar-refractivity contribution is 7.86. The molecule has 1 atom stereocenters. The van der Waals surface area contributed by atoms with Crippen LogP contribution >= 0.6 is 0 Å². The highest BCUT2D eigenvalue weighted by atomic mass is 32.2. The molecular weight excluding hydrogens is 300 g/mol. The van der Waals surface area contributed by atoms with Gasteiger partial charge in [0.1, 0.15) is 0 Å². The van der Waals surface area contributed by atoms with Gasteiger partial charge in [0.05, 0.1) is 18.2 Å². The third-order valence-corrected chi connectivity index (χ3v) is 6.43. The highest BCUT2D eigenvalue weighted by Crippen LogP contribution is 2.39. The number of hydrogen-bond acceptors (Lipinski definition) is 3. The first-order chi connectivity index (χ1) is 10.3. The van der Waals surface area contributed by atoms with Gasteiger partial charge in [-0.15, -0.1) is 0 Å². The van der Waals surface area contributed by atoms with Gasteiger partial charge in [-0.1, -0.05) is 31.2 Å². The molecule has 0 bridgehead atoms. The van der Waals surface area contributed by atoms with Gasteiger partial charge < -0.3 is 4.74 Å². The second-order valence-corrected chi connectivity index (χ2v) is 8.50. The average molecular weight is 324 g/mol. The molecule has 2 heterocycles.